The van der Waals surface area contributed by atoms with Gasteiger partial charge in [0.05, 0.1) is 6.17 Å². The maximum Gasteiger partial charge on any atom is 0.0965 e. The fourth-order valence-electron chi connectivity index (χ4n) is 1.30. The lowest BCUT2D eigenvalue weighted by molar-refractivity contribution is 0.352. The molecule has 1 aliphatic rings. The molecule has 0 aromatic heterocycles. The van der Waals surface area contributed by atoms with Crippen LogP contribution in [0, 0.1) is 0 Å². The number of nitrogens with zero attached hydrogens (tertiary/aromatic N) is 1. The smallest absolute Gasteiger partial charge is 0.0965 e. The van der Waals surface area contributed by atoms with Crippen molar-refractivity contribution in [3.05, 3.63) is 49.2 Å². The van der Waals surface area contributed by atoms with E-state index in [1.165, 1.54) is 5.57 Å². The molecule has 1 atom stereocenters. The Morgan fingerprint density at radius 2 is 2.23 bits per heavy atom. The second-order valence-corrected chi connectivity index (χ2v) is 3.03. The number of hydrogen-bond donors (Lipinski definition) is 1. The topological polar surface area (TPSA) is 29.3 Å². The maximum atomic E-state index is 5.90. The van der Waals surface area contributed by atoms with E-state index in [4.69, 9.17) is 5.73 Å². The van der Waals surface area contributed by atoms with E-state index < -0.39 is 0 Å². The molecule has 2 heteroatoms. The minimum absolute atomic E-state index is 0.0297. The van der Waals surface area contributed by atoms with E-state index in [1.807, 2.05) is 29.3 Å². The Labute approximate surface area is 79.7 Å². The van der Waals surface area contributed by atoms with Gasteiger partial charge in [-0.2, -0.15) is 0 Å². The van der Waals surface area contributed by atoms with E-state index in [9.17, 15) is 0 Å². The summed E-state index contributed by atoms with van der Waals surface area (Å²) in [6.07, 6.45) is 10.7. The van der Waals surface area contributed by atoms with E-state index in [0.29, 0.717) is 0 Å². The van der Waals surface area contributed by atoms with Gasteiger partial charge in [-0.1, -0.05) is 12.2 Å². The van der Waals surface area contributed by atoms with Crippen LogP contribution < -0.4 is 5.73 Å². The van der Waals surface area contributed by atoms with Crippen molar-refractivity contribution in [3.8, 4) is 0 Å². The van der Waals surface area contributed by atoms with Crippen molar-refractivity contribution in [2.24, 2.45) is 5.73 Å². The van der Waals surface area contributed by atoms with Crippen LogP contribution in [0.1, 0.15) is 6.42 Å². The average molecular weight is 176 g/mol. The fourth-order valence-corrected chi connectivity index (χ4v) is 1.30. The van der Waals surface area contributed by atoms with Crippen LogP contribution in [0.25, 0.3) is 0 Å². The summed E-state index contributed by atoms with van der Waals surface area (Å²) in [5, 5.41) is 0. The van der Waals surface area contributed by atoms with Gasteiger partial charge in [0.15, 0.2) is 0 Å². The molecule has 1 rings (SSSR count). The summed E-state index contributed by atoms with van der Waals surface area (Å²) in [5.41, 5.74) is 7.13. The van der Waals surface area contributed by atoms with Crippen LogP contribution in [0.3, 0.4) is 0 Å². The normalized spacial score (nSPS) is 21.2. The van der Waals surface area contributed by atoms with E-state index in [1.54, 1.807) is 0 Å². The Kier molecular flexibility index (Phi) is 3.53. The number of hydrogen-bond acceptors (Lipinski definition) is 2. The third-order valence-corrected chi connectivity index (χ3v) is 1.97. The molecule has 70 valence electrons. The largest absolute Gasteiger partial charge is 0.355 e. The van der Waals surface area contributed by atoms with Crippen LogP contribution in [0.4, 0.5) is 0 Å². The Morgan fingerprint density at radius 3 is 2.77 bits per heavy atom. The van der Waals surface area contributed by atoms with E-state index in [-0.39, 0.29) is 6.17 Å². The first-order chi connectivity index (χ1) is 6.27. The first kappa shape index (κ1) is 9.81. The molecule has 0 bridgehead atoms. The average Bonchev–Trinajstić information content (AvgIpc) is 2.10. The number of nitrogens with two attached hydrogens (primary N) is 1. The van der Waals surface area contributed by atoms with E-state index in [0.717, 1.165) is 13.0 Å². The van der Waals surface area contributed by atoms with Crippen LogP contribution in [0.2, 0.25) is 0 Å². The molecule has 0 saturated carbocycles. The third-order valence-electron chi connectivity index (χ3n) is 1.97. The molecule has 2 nitrogen and oxygen atoms in total. The van der Waals surface area contributed by atoms with E-state index in [2.05, 4.69) is 19.2 Å². The summed E-state index contributed by atoms with van der Waals surface area (Å²) in [7, 11) is 0. The van der Waals surface area contributed by atoms with Crippen molar-refractivity contribution in [1.29, 1.82) is 0 Å². The molecule has 1 heterocycles. The quantitative estimate of drug-likeness (QED) is 0.662. The molecule has 0 aromatic rings. The van der Waals surface area contributed by atoms with Gasteiger partial charge in [-0.3, -0.25) is 0 Å². The second-order valence-electron chi connectivity index (χ2n) is 3.03. The predicted molar refractivity (Wildman–Crippen MR) is 56.9 cm³/mol. The molecule has 2 N–H and O–H groups in total. The summed E-state index contributed by atoms with van der Waals surface area (Å²) < 4.78 is 0. The van der Waals surface area contributed by atoms with E-state index >= 15 is 0 Å². The first-order valence-corrected chi connectivity index (χ1v) is 4.40. The highest BCUT2D eigenvalue weighted by Gasteiger charge is 2.10. The van der Waals surface area contributed by atoms with Gasteiger partial charge in [0.2, 0.25) is 0 Å². The van der Waals surface area contributed by atoms with Gasteiger partial charge < -0.3 is 10.6 Å². The molecule has 0 aromatic carbocycles. The van der Waals surface area contributed by atoms with Crippen molar-refractivity contribution in [2.45, 2.75) is 12.6 Å². The molecule has 0 radical (unpaired) electrons. The van der Waals surface area contributed by atoms with Gasteiger partial charge in [0.1, 0.15) is 0 Å². The Balaban J connectivity index is 2.60. The van der Waals surface area contributed by atoms with Gasteiger partial charge in [-0.25, -0.2) is 0 Å². The predicted octanol–water partition coefficient (Wildman–Crippen LogP) is 1.79. The fraction of sp³-hybridized carbons (Fsp3) is 0.273. The minimum Gasteiger partial charge on any atom is -0.355 e. The Morgan fingerprint density at radius 1 is 1.46 bits per heavy atom. The molecule has 0 amide bonds. The summed E-state index contributed by atoms with van der Waals surface area (Å²) in [4.78, 5) is 2.03. The first-order valence-electron chi connectivity index (χ1n) is 4.40. The highest BCUT2D eigenvalue weighted by molar-refractivity contribution is 5.26. The van der Waals surface area contributed by atoms with Gasteiger partial charge in [0.25, 0.3) is 0 Å². The standard InChI is InChI=1S/C11H16N2/c1-3-5-10-6-8-13(7-4-2)11(12)9-10/h3-4,6,8-9,11H,1-2,5,7,12H2. The molecular weight excluding hydrogens is 160 g/mol. The maximum absolute atomic E-state index is 5.90. The zero-order valence-electron chi connectivity index (χ0n) is 7.82. The van der Waals surface area contributed by atoms with Crippen molar-refractivity contribution in [1.82, 2.24) is 4.90 Å². The third kappa shape index (κ3) is 2.60. The molecule has 13 heavy (non-hydrogen) atoms. The summed E-state index contributed by atoms with van der Waals surface area (Å²) >= 11 is 0. The van der Waals surface area contributed by atoms with Gasteiger partial charge in [0, 0.05) is 12.7 Å². The molecule has 0 spiro atoms. The Bertz CT molecular complexity index is 251. The summed E-state index contributed by atoms with van der Waals surface area (Å²) in [5.74, 6) is 0. The molecule has 1 aliphatic heterocycles. The lowest BCUT2D eigenvalue weighted by atomic mass is 10.1. The minimum atomic E-state index is -0.0297. The van der Waals surface area contributed by atoms with Gasteiger partial charge in [-0.05, 0) is 24.1 Å². The molecule has 0 saturated heterocycles. The lowest BCUT2D eigenvalue weighted by Crippen LogP contribution is -2.38. The zero-order chi connectivity index (χ0) is 9.68. The zero-order valence-corrected chi connectivity index (χ0v) is 7.82. The van der Waals surface area contributed by atoms with Crippen molar-refractivity contribution >= 4 is 0 Å². The van der Waals surface area contributed by atoms with Crippen LogP contribution in [-0.2, 0) is 0 Å². The van der Waals surface area contributed by atoms with Crippen molar-refractivity contribution in [3.63, 3.8) is 0 Å². The number of rotatable bonds is 4. The van der Waals surface area contributed by atoms with Crippen LogP contribution in [0.15, 0.2) is 49.2 Å². The summed E-state index contributed by atoms with van der Waals surface area (Å²) in [6.45, 7) is 8.15. The highest BCUT2D eigenvalue weighted by atomic mass is 15.2. The monoisotopic (exact) mass is 176 g/mol. The van der Waals surface area contributed by atoms with Crippen LogP contribution in [-0.4, -0.2) is 17.6 Å². The molecule has 1 unspecified atom stereocenters. The highest BCUT2D eigenvalue weighted by Crippen LogP contribution is 2.13. The summed E-state index contributed by atoms with van der Waals surface area (Å²) in [6, 6.07) is 0. The van der Waals surface area contributed by atoms with Gasteiger partial charge in [-0.15, -0.1) is 13.2 Å². The lowest BCUT2D eigenvalue weighted by Gasteiger charge is -2.27. The van der Waals surface area contributed by atoms with Crippen LogP contribution >= 0.6 is 0 Å². The SMILES string of the molecule is C=CCC1=CC(N)N(CC=C)C=C1. The molecule has 0 aliphatic carbocycles. The van der Waals surface area contributed by atoms with Crippen LogP contribution in [0.5, 0.6) is 0 Å². The number of allylic oxidation sites excluding steroid dienone is 3. The molecule has 0 fully saturated rings. The Hall–Kier alpha value is -1.28. The second kappa shape index (κ2) is 4.67. The van der Waals surface area contributed by atoms with Gasteiger partial charge >= 0.3 is 0 Å². The van der Waals surface area contributed by atoms with Crippen molar-refractivity contribution < 1.29 is 0 Å². The molecular formula is C11H16N2. The van der Waals surface area contributed by atoms with Crippen molar-refractivity contribution in [2.75, 3.05) is 6.54 Å².